The van der Waals surface area contributed by atoms with Crippen LogP contribution in [0.1, 0.15) is 142 Å². The monoisotopic (exact) mass is 1480 g/mol. The lowest BCUT2D eigenvalue weighted by molar-refractivity contribution is -0.144. The van der Waals surface area contributed by atoms with E-state index in [1.165, 1.54) is 19.1 Å². The zero-order valence-corrected chi connectivity index (χ0v) is 57.6. The van der Waals surface area contributed by atoms with E-state index in [1.54, 1.807) is 51.1 Å². The molecule has 0 unspecified atom stereocenters. The van der Waals surface area contributed by atoms with Crippen molar-refractivity contribution in [2.75, 3.05) is 6.54 Å². The fourth-order valence-electron chi connectivity index (χ4n) is 10.5. The van der Waals surface area contributed by atoms with Gasteiger partial charge in [-0.05, 0) is 86.5 Å². The zero-order valence-electron chi connectivity index (χ0n) is 56.8. The first-order chi connectivity index (χ1) is 48.3. The lowest BCUT2D eigenvalue weighted by Crippen LogP contribution is -2.61. The highest BCUT2D eigenvalue weighted by Crippen LogP contribution is 2.23. The average molecular weight is 1480 g/mol. The van der Waals surface area contributed by atoms with Gasteiger partial charge in [0.15, 0.2) is 0 Å². The Morgan fingerprint density at radius 3 is 1.30 bits per heavy atom. The minimum Gasteiger partial charge on any atom is -0.481 e. The molecule has 0 aliphatic carbocycles. The lowest BCUT2D eigenvalue weighted by atomic mass is 9.96. The quantitative estimate of drug-likeness (QED) is 0.0312. The van der Waals surface area contributed by atoms with Gasteiger partial charge in [0.1, 0.15) is 66.2 Å². The second-order valence-electron chi connectivity index (χ2n) is 24.8. The first kappa shape index (κ1) is 86.4. The van der Waals surface area contributed by atoms with Crippen molar-refractivity contribution in [3.63, 3.8) is 0 Å². The van der Waals surface area contributed by atoms with E-state index in [9.17, 15) is 120 Å². The number of carboxylic acid groups (broad SMARTS) is 6. The summed E-state index contributed by atoms with van der Waals surface area (Å²) < 4.78 is 36.5. The molecule has 0 bridgehead atoms. The molecule has 18 N–H and O–H groups in total. The number of nitrogens with two attached hydrogens (primary N) is 1. The van der Waals surface area contributed by atoms with Crippen molar-refractivity contribution in [1.82, 2.24) is 52.8 Å². The van der Waals surface area contributed by atoms with Gasteiger partial charge >= 0.3 is 46.2 Å². The normalized spacial score (nSPS) is 15.6. The molecule has 2 aromatic carbocycles. The number of rotatable bonds is 47. The molecule has 1 heterocycles. The van der Waals surface area contributed by atoms with Crippen LogP contribution in [0.25, 0.3) is 0 Å². The highest BCUT2D eigenvalue weighted by molar-refractivity contribution is 7.81. The molecule has 1 fully saturated rings. The standard InChI is InChI=1S/C64H89N11O27S/c1-5-34(4)54(74-58(91)41(21-27-52(84)85)68-55(88)38(18-24-49(78)79)69-60(93)44(31-35-10-7-6-8-11-35)66-48(77)23-28-53(86)87)63(96)75-29-9-12-46(75)62(95)70-40(20-26-51(82)83)56(89)67-39(19-25-50(80)81)57(90)73-45(32-36-13-15-37(16-14-36)102-103(99,100)101)61(94)72-43(30-33(2)3)59(92)71-42(64(97)98)17-22-47(65)76/h6-8,10-11,13-16,33-34,38-46,54H,5,9,12,17-32H2,1-4H3,(H2,65,76)(H,66,77)(H,67,89)(H,68,88)(H,69,93)(H,70,95)(H,71,92)(H,72,94)(H,73,90)(H,74,91)(H,78,79)(H,80,81)(H,82,83)(H,84,85)(H,86,87)(H,97,98)(H,99,100,101)/t34-,38-,39-,40-,41-,42-,43-,44-,45-,46-,54-/m0/s1. The molecule has 11 amide bonds. The van der Waals surface area contributed by atoms with Crippen LogP contribution >= 0.6 is 0 Å². The molecule has 0 saturated carbocycles. The van der Waals surface area contributed by atoms with E-state index in [0.29, 0.717) is 5.56 Å². The molecular formula is C64H89N11O27S. The smallest absolute Gasteiger partial charge is 0.446 e. The Kier molecular flexibility index (Phi) is 35.6. The summed E-state index contributed by atoms with van der Waals surface area (Å²) in [6, 6.07) is -4.55. The van der Waals surface area contributed by atoms with Gasteiger partial charge in [0.25, 0.3) is 0 Å². The van der Waals surface area contributed by atoms with Crippen LogP contribution in [-0.2, 0) is 105 Å². The van der Waals surface area contributed by atoms with Crippen LogP contribution in [0.2, 0.25) is 0 Å². The molecule has 2 aromatic rings. The van der Waals surface area contributed by atoms with Crippen molar-refractivity contribution in [2.24, 2.45) is 17.6 Å². The minimum absolute atomic E-state index is 0.104. The number of nitrogens with one attached hydrogen (secondary N) is 9. The average Bonchev–Trinajstić information content (AvgIpc) is 1.74. The number of hydrogen-bond acceptors (Lipinski definition) is 20. The SMILES string of the molecule is CC[C@H](C)[C@H](NC(=O)[C@H](CCC(=O)O)NC(=O)[C@H](CCC(=O)O)NC(=O)[C@H](Cc1ccccc1)NC(=O)CCC(=O)O)C(=O)N1CCC[C@H]1C(=O)N[C@@H](CCC(=O)O)C(=O)N[C@@H](CCC(=O)O)C(=O)N[C@@H](Cc1ccc(OS(=O)(=O)O)cc1)C(=O)N[C@@H](CC(C)C)C(=O)N[C@@H](CCC(N)=O)C(=O)O. The first-order valence-electron chi connectivity index (χ1n) is 32.7. The molecule has 0 radical (unpaired) electrons. The third kappa shape index (κ3) is 32.1. The Labute approximate surface area is 590 Å². The number of nitrogens with zero attached hydrogens (tertiary/aromatic N) is 1. The van der Waals surface area contributed by atoms with Crippen molar-refractivity contribution >= 4 is 111 Å². The molecule has 1 aliphatic heterocycles. The van der Waals surface area contributed by atoms with Gasteiger partial charge in [-0.15, -0.1) is 0 Å². The summed E-state index contributed by atoms with van der Waals surface area (Å²) in [5.41, 5.74) is 5.79. The molecule has 0 aromatic heterocycles. The number of carbonyl (C=O) groups is 17. The van der Waals surface area contributed by atoms with Crippen LogP contribution in [0, 0.1) is 11.8 Å². The van der Waals surface area contributed by atoms with E-state index in [4.69, 9.17) is 10.8 Å². The molecule has 3 rings (SSSR count). The van der Waals surface area contributed by atoms with Crippen molar-refractivity contribution in [1.29, 1.82) is 0 Å². The minimum atomic E-state index is -5.03. The number of aliphatic carboxylic acids is 6. The predicted octanol–water partition coefficient (Wildman–Crippen LogP) is -2.23. The molecule has 0 spiro atoms. The predicted molar refractivity (Wildman–Crippen MR) is 354 cm³/mol. The van der Waals surface area contributed by atoms with Gasteiger partial charge in [0.2, 0.25) is 65.0 Å². The Hall–Kier alpha value is -10.9. The molecule has 103 heavy (non-hydrogen) atoms. The maximum Gasteiger partial charge on any atom is 0.446 e. The van der Waals surface area contributed by atoms with Crippen LogP contribution in [0.3, 0.4) is 0 Å². The van der Waals surface area contributed by atoms with Crippen LogP contribution in [0.15, 0.2) is 54.6 Å². The molecule has 38 nitrogen and oxygen atoms in total. The largest absolute Gasteiger partial charge is 0.481 e. The van der Waals surface area contributed by atoms with Gasteiger partial charge in [-0.25, -0.2) is 4.79 Å². The second kappa shape index (κ2) is 42.4. The van der Waals surface area contributed by atoms with Crippen molar-refractivity contribution in [3.05, 3.63) is 65.7 Å². The van der Waals surface area contributed by atoms with Crippen LogP contribution in [0.5, 0.6) is 5.75 Å². The lowest BCUT2D eigenvalue weighted by Gasteiger charge is -2.33. The van der Waals surface area contributed by atoms with Gasteiger partial charge in [0, 0.05) is 57.9 Å². The van der Waals surface area contributed by atoms with Crippen LogP contribution < -0.4 is 57.8 Å². The first-order valence-corrected chi connectivity index (χ1v) is 34.1. The third-order valence-electron chi connectivity index (χ3n) is 16.1. The number of carboxylic acids is 6. The summed E-state index contributed by atoms with van der Waals surface area (Å²) in [5, 5.41) is 79.1. The number of likely N-dealkylation sites (tertiary alicyclic amines) is 1. The Morgan fingerprint density at radius 1 is 0.485 bits per heavy atom. The van der Waals surface area contributed by atoms with Crippen LogP contribution in [-0.4, -0.2) is 216 Å². The number of carbonyl (C=O) groups excluding carboxylic acids is 11. The molecule has 39 heteroatoms. The maximum absolute atomic E-state index is 14.8. The van der Waals surface area contributed by atoms with Gasteiger partial charge in [-0.2, -0.15) is 8.42 Å². The summed E-state index contributed by atoms with van der Waals surface area (Å²) in [4.78, 5) is 225. The number of primary amides is 1. The summed E-state index contributed by atoms with van der Waals surface area (Å²) in [6.45, 7) is 6.21. The van der Waals surface area contributed by atoms with E-state index in [1.807, 2.05) is 0 Å². The molecular weight excluding hydrogens is 1390 g/mol. The highest BCUT2D eigenvalue weighted by atomic mass is 32.3. The molecule has 1 saturated heterocycles. The summed E-state index contributed by atoms with van der Waals surface area (Å²) in [7, 11) is -5.03. The van der Waals surface area contributed by atoms with E-state index < -0.39 is 273 Å². The summed E-state index contributed by atoms with van der Waals surface area (Å²) in [5.74, 6) is -22.5. The van der Waals surface area contributed by atoms with E-state index in [0.717, 1.165) is 17.0 Å². The highest BCUT2D eigenvalue weighted by Gasteiger charge is 2.42. The number of hydrogen-bond donors (Lipinski definition) is 17. The fraction of sp³-hybridized carbons (Fsp3) is 0.547. The van der Waals surface area contributed by atoms with E-state index >= 15 is 0 Å². The maximum atomic E-state index is 14.8. The topological polar surface area (TPSA) is 613 Å². The second-order valence-corrected chi connectivity index (χ2v) is 25.8. The molecule has 11 atom stereocenters. The van der Waals surface area contributed by atoms with Gasteiger partial charge in [-0.1, -0.05) is 76.6 Å². The molecule has 568 valence electrons. The van der Waals surface area contributed by atoms with Crippen molar-refractivity contribution in [3.8, 4) is 5.75 Å². The Bertz CT molecular complexity index is 3510. The summed E-state index contributed by atoms with van der Waals surface area (Å²) >= 11 is 0. The van der Waals surface area contributed by atoms with Crippen molar-refractivity contribution in [2.45, 2.75) is 204 Å². The fourth-order valence-corrected chi connectivity index (χ4v) is 10.9. The Balaban J connectivity index is 2.00. The number of amides is 11. The van der Waals surface area contributed by atoms with E-state index in [-0.39, 0.29) is 44.2 Å². The van der Waals surface area contributed by atoms with Gasteiger partial charge < -0.3 is 93.3 Å². The van der Waals surface area contributed by atoms with E-state index in [2.05, 4.69) is 52.0 Å². The Morgan fingerprint density at radius 2 is 0.874 bits per heavy atom. The van der Waals surface area contributed by atoms with Gasteiger partial charge in [0.05, 0.1) is 6.42 Å². The molecule has 1 aliphatic rings. The van der Waals surface area contributed by atoms with Gasteiger partial charge in [-0.3, -0.25) is 81.3 Å². The zero-order chi connectivity index (χ0) is 77.4. The third-order valence-corrected chi connectivity index (χ3v) is 16.5. The van der Waals surface area contributed by atoms with Crippen LogP contribution in [0.4, 0.5) is 0 Å². The van der Waals surface area contributed by atoms with Crippen molar-refractivity contribution < 1.29 is 129 Å². The number of benzene rings is 2. The summed E-state index contributed by atoms with van der Waals surface area (Å²) in [6.07, 6.45) is -8.90.